The molecule has 150 valence electrons. The highest BCUT2D eigenvalue weighted by Crippen LogP contribution is 2.30. The van der Waals surface area contributed by atoms with Gasteiger partial charge in [0.1, 0.15) is 5.82 Å². The number of hydrogen-bond acceptors (Lipinski definition) is 2. The van der Waals surface area contributed by atoms with Crippen LogP contribution in [0.25, 0.3) is 22.2 Å². The van der Waals surface area contributed by atoms with Crippen LogP contribution in [0, 0.1) is 12.7 Å². The highest BCUT2D eigenvalue weighted by molar-refractivity contribution is 5.91. The van der Waals surface area contributed by atoms with Gasteiger partial charge in [0.25, 0.3) is 0 Å². The molecular weight excluding hydrogens is 369 g/mol. The molecule has 2 heterocycles. The summed E-state index contributed by atoms with van der Waals surface area (Å²) in [6.07, 6.45) is 1.81. The van der Waals surface area contributed by atoms with Gasteiger partial charge >= 0.3 is 0 Å². The van der Waals surface area contributed by atoms with E-state index in [2.05, 4.69) is 16.4 Å². The molecule has 3 aromatic rings. The van der Waals surface area contributed by atoms with Crippen LogP contribution >= 0.6 is 0 Å². The second kappa shape index (κ2) is 8.07. The van der Waals surface area contributed by atoms with Crippen LogP contribution in [0.2, 0.25) is 0 Å². The summed E-state index contributed by atoms with van der Waals surface area (Å²) in [5, 5.41) is 4.02. The third-order valence-electron chi connectivity index (χ3n) is 5.53. The average molecular weight is 393 g/mol. The Bertz CT molecular complexity index is 1060. The van der Waals surface area contributed by atoms with E-state index >= 15 is 0 Å². The van der Waals surface area contributed by atoms with Gasteiger partial charge < -0.3 is 15.2 Å². The summed E-state index contributed by atoms with van der Waals surface area (Å²) < 4.78 is 13.2. The van der Waals surface area contributed by atoms with Crippen molar-refractivity contribution in [1.29, 1.82) is 0 Å². The number of carbonyl (C=O) groups is 2. The fourth-order valence-electron chi connectivity index (χ4n) is 3.85. The predicted molar refractivity (Wildman–Crippen MR) is 111 cm³/mol. The second-order valence-corrected chi connectivity index (χ2v) is 7.52. The molecule has 0 spiro atoms. The van der Waals surface area contributed by atoms with E-state index in [0.717, 1.165) is 46.3 Å². The molecule has 6 heteroatoms. The van der Waals surface area contributed by atoms with Crippen molar-refractivity contribution in [1.82, 2.24) is 15.2 Å². The van der Waals surface area contributed by atoms with Crippen LogP contribution < -0.4 is 5.32 Å². The van der Waals surface area contributed by atoms with Crippen molar-refractivity contribution in [3.8, 4) is 11.3 Å². The molecule has 0 radical (unpaired) electrons. The van der Waals surface area contributed by atoms with E-state index in [9.17, 15) is 14.0 Å². The number of benzene rings is 2. The zero-order chi connectivity index (χ0) is 20.4. The van der Waals surface area contributed by atoms with Crippen LogP contribution in [0.5, 0.6) is 0 Å². The molecule has 1 aliphatic heterocycles. The number of aryl methyl sites for hydroxylation is 1. The molecule has 2 aromatic carbocycles. The van der Waals surface area contributed by atoms with Gasteiger partial charge in [-0.05, 0) is 66.4 Å². The maximum absolute atomic E-state index is 13.2. The molecule has 0 aliphatic carbocycles. The minimum Gasteiger partial charge on any atom is -0.354 e. The van der Waals surface area contributed by atoms with Crippen LogP contribution in [0.15, 0.2) is 42.5 Å². The normalized spacial score (nSPS) is 14.0. The number of nitrogens with one attached hydrogen (secondary N) is 2. The standard InChI is InChI=1S/C23H24FN3O2/c1-15-19-13-16(14-25-21(28)10-12-27-11-2-3-22(27)29)4-9-20(19)26-23(15)17-5-7-18(24)8-6-17/h4-9,13,26H,2-3,10-12,14H2,1H3,(H,25,28). The summed E-state index contributed by atoms with van der Waals surface area (Å²) in [4.78, 5) is 28.9. The lowest BCUT2D eigenvalue weighted by molar-refractivity contribution is -0.128. The Morgan fingerprint density at radius 2 is 2.00 bits per heavy atom. The predicted octanol–water partition coefficient (Wildman–Crippen LogP) is 3.91. The van der Waals surface area contributed by atoms with Gasteiger partial charge in [0.2, 0.25) is 11.8 Å². The molecule has 0 saturated carbocycles. The maximum atomic E-state index is 13.2. The molecule has 1 fully saturated rings. The number of fused-ring (bicyclic) bond motifs is 1. The third-order valence-corrected chi connectivity index (χ3v) is 5.53. The molecule has 0 unspecified atom stereocenters. The minimum atomic E-state index is -0.255. The summed E-state index contributed by atoms with van der Waals surface area (Å²) in [6, 6.07) is 12.5. The number of carbonyl (C=O) groups excluding carboxylic acids is 2. The highest BCUT2D eigenvalue weighted by atomic mass is 19.1. The van der Waals surface area contributed by atoms with Gasteiger partial charge in [-0.2, -0.15) is 0 Å². The molecule has 2 amide bonds. The first-order valence-electron chi connectivity index (χ1n) is 9.93. The van der Waals surface area contributed by atoms with Gasteiger partial charge in [-0.3, -0.25) is 9.59 Å². The number of halogens is 1. The first-order valence-corrected chi connectivity index (χ1v) is 9.93. The van der Waals surface area contributed by atoms with Crippen LogP contribution in [-0.2, 0) is 16.1 Å². The highest BCUT2D eigenvalue weighted by Gasteiger charge is 2.20. The Balaban J connectivity index is 1.42. The number of aromatic amines is 1. The molecule has 29 heavy (non-hydrogen) atoms. The topological polar surface area (TPSA) is 65.2 Å². The van der Waals surface area contributed by atoms with Gasteiger partial charge in [0.05, 0.1) is 0 Å². The van der Waals surface area contributed by atoms with Crippen molar-refractivity contribution in [3.63, 3.8) is 0 Å². The number of hydrogen-bond donors (Lipinski definition) is 2. The van der Waals surface area contributed by atoms with E-state index in [1.54, 1.807) is 17.0 Å². The Kier molecular flexibility index (Phi) is 5.34. The van der Waals surface area contributed by atoms with Crippen molar-refractivity contribution in [2.45, 2.75) is 32.7 Å². The zero-order valence-electron chi connectivity index (χ0n) is 16.4. The maximum Gasteiger partial charge on any atom is 0.222 e. The van der Waals surface area contributed by atoms with Gasteiger partial charge in [0.15, 0.2) is 0 Å². The lowest BCUT2D eigenvalue weighted by Crippen LogP contribution is -2.31. The summed E-state index contributed by atoms with van der Waals surface area (Å²) >= 11 is 0. The SMILES string of the molecule is Cc1c(-c2ccc(F)cc2)[nH]c2ccc(CNC(=O)CCN3CCCC3=O)cc12. The van der Waals surface area contributed by atoms with Crippen molar-refractivity contribution >= 4 is 22.7 Å². The van der Waals surface area contributed by atoms with Crippen LogP contribution in [0.4, 0.5) is 4.39 Å². The average Bonchev–Trinajstić information content (AvgIpc) is 3.28. The number of H-pyrrole nitrogens is 1. The second-order valence-electron chi connectivity index (χ2n) is 7.52. The summed E-state index contributed by atoms with van der Waals surface area (Å²) in [6.45, 7) is 3.72. The van der Waals surface area contributed by atoms with Gasteiger partial charge in [-0.1, -0.05) is 6.07 Å². The van der Waals surface area contributed by atoms with E-state index in [1.165, 1.54) is 12.1 Å². The monoisotopic (exact) mass is 393 g/mol. The van der Waals surface area contributed by atoms with Crippen LogP contribution in [-0.4, -0.2) is 34.8 Å². The number of rotatable bonds is 6. The molecule has 1 aliphatic rings. The van der Waals surface area contributed by atoms with Crippen molar-refractivity contribution in [2.24, 2.45) is 0 Å². The number of nitrogens with zero attached hydrogens (tertiary/aromatic N) is 1. The molecular formula is C23H24FN3O2. The smallest absolute Gasteiger partial charge is 0.222 e. The molecule has 0 atom stereocenters. The molecule has 2 N–H and O–H groups in total. The number of amides is 2. The molecule has 5 nitrogen and oxygen atoms in total. The lowest BCUT2D eigenvalue weighted by atomic mass is 10.0. The van der Waals surface area contributed by atoms with E-state index in [4.69, 9.17) is 0 Å². The van der Waals surface area contributed by atoms with E-state index in [-0.39, 0.29) is 17.6 Å². The Morgan fingerprint density at radius 3 is 2.72 bits per heavy atom. The van der Waals surface area contributed by atoms with Crippen LogP contribution in [0.3, 0.4) is 0 Å². The van der Waals surface area contributed by atoms with E-state index in [0.29, 0.717) is 25.9 Å². The molecule has 4 rings (SSSR count). The lowest BCUT2D eigenvalue weighted by Gasteiger charge is -2.14. The summed E-state index contributed by atoms with van der Waals surface area (Å²) in [5.41, 5.74) is 5.01. The molecule has 0 bridgehead atoms. The summed E-state index contributed by atoms with van der Waals surface area (Å²) in [7, 11) is 0. The van der Waals surface area contributed by atoms with Crippen molar-refractivity contribution in [3.05, 3.63) is 59.4 Å². The van der Waals surface area contributed by atoms with Gasteiger partial charge in [-0.25, -0.2) is 4.39 Å². The summed E-state index contributed by atoms with van der Waals surface area (Å²) in [5.74, 6) is -0.166. The largest absolute Gasteiger partial charge is 0.354 e. The fraction of sp³-hybridized carbons (Fsp3) is 0.304. The quantitative estimate of drug-likeness (QED) is 0.667. The van der Waals surface area contributed by atoms with Crippen LogP contribution in [0.1, 0.15) is 30.4 Å². The van der Waals surface area contributed by atoms with Crippen molar-refractivity contribution < 1.29 is 14.0 Å². The zero-order valence-corrected chi connectivity index (χ0v) is 16.4. The number of likely N-dealkylation sites (tertiary alicyclic amines) is 1. The number of aromatic nitrogens is 1. The first-order chi connectivity index (χ1) is 14.0. The first kappa shape index (κ1) is 19.2. The molecule has 1 aromatic heterocycles. The Hall–Kier alpha value is -3.15. The Morgan fingerprint density at radius 1 is 1.21 bits per heavy atom. The minimum absolute atomic E-state index is 0.0532. The van der Waals surface area contributed by atoms with E-state index < -0.39 is 0 Å². The van der Waals surface area contributed by atoms with Crippen molar-refractivity contribution in [2.75, 3.05) is 13.1 Å². The van der Waals surface area contributed by atoms with Gasteiger partial charge in [-0.15, -0.1) is 0 Å². The van der Waals surface area contributed by atoms with E-state index in [1.807, 2.05) is 19.1 Å². The molecule has 1 saturated heterocycles. The fourth-order valence-corrected chi connectivity index (χ4v) is 3.85. The van der Waals surface area contributed by atoms with Gasteiger partial charge in [0, 0.05) is 49.1 Å². The third kappa shape index (κ3) is 4.16. The Labute approximate surface area is 168 Å².